The van der Waals surface area contributed by atoms with Gasteiger partial charge in [0.2, 0.25) is 10.0 Å². The highest BCUT2D eigenvalue weighted by molar-refractivity contribution is 7.89. The van der Waals surface area contributed by atoms with E-state index >= 15 is 0 Å². The molecule has 0 bridgehead atoms. The molecule has 0 unspecified atom stereocenters. The molecule has 2 N–H and O–H groups in total. The molecule has 10 heteroatoms. The van der Waals surface area contributed by atoms with Gasteiger partial charge >= 0.3 is 0 Å². The van der Waals surface area contributed by atoms with Crippen molar-refractivity contribution in [2.24, 2.45) is 0 Å². The Morgan fingerprint density at radius 2 is 2.00 bits per heavy atom. The van der Waals surface area contributed by atoms with Crippen LogP contribution in [0.3, 0.4) is 0 Å². The minimum absolute atomic E-state index is 0.207. The van der Waals surface area contributed by atoms with Crippen LogP contribution in [0.1, 0.15) is 47.9 Å². The number of benzene rings is 1. The van der Waals surface area contributed by atoms with Gasteiger partial charge in [0.15, 0.2) is 4.77 Å². The molecule has 0 aliphatic carbocycles. The second-order valence-electron chi connectivity index (χ2n) is 7.14. The largest absolute Gasteiger partial charge is 0.352 e. The number of hydrogen-bond donors (Lipinski definition) is 2. The lowest BCUT2D eigenvalue weighted by atomic mass is 10.1. The molecule has 0 saturated carbocycles. The second-order valence-corrected chi connectivity index (χ2v) is 9.43. The number of aromatic nitrogens is 3. The minimum atomic E-state index is -3.59. The summed E-state index contributed by atoms with van der Waals surface area (Å²) in [6, 6.07) is 4.83. The van der Waals surface area contributed by atoms with Crippen molar-refractivity contribution in [1.29, 1.82) is 0 Å². The Morgan fingerprint density at radius 1 is 1.28 bits per heavy atom. The second kappa shape index (κ2) is 9.19. The van der Waals surface area contributed by atoms with Gasteiger partial charge in [-0.1, -0.05) is 12.5 Å². The number of aryl methyl sites for hydroxylation is 1. The first-order valence-corrected chi connectivity index (χ1v) is 11.7. The zero-order chi connectivity index (χ0) is 21.0. The topological polar surface area (TPSA) is 100 Å². The van der Waals surface area contributed by atoms with E-state index in [4.69, 9.17) is 12.2 Å². The SMILES string of the molecule is CCn1c(CCNC(=O)c2ccc(C)c(S(=O)(=O)N3CCCCC3)c2)n[nH]c1=S. The van der Waals surface area contributed by atoms with E-state index in [1.54, 1.807) is 19.1 Å². The molecule has 0 radical (unpaired) electrons. The lowest BCUT2D eigenvalue weighted by molar-refractivity contribution is 0.0953. The average molecular weight is 438 g/mol. The van der Waals surface area contributed by atoms with Crippen LogP contribution >= 0.6 is 12.2 Å². The van der Waals surface area contributed by atoms with Gasteiger partial charge < -0.3 is 9.88 Å². The van der Waals surface area contributed by atoms with Gasteiger partial charge in [-0.25, -0.2) is 8.42 Å². The molecule has 0 spiro atoms. The lowest BCUT2D eigenvalue weighted by Crippen LogP contribution is -2.36. The van der Waals surface area contributed by atoms with E-state index in [-0.39, 0.29) is 10.8 Å². The van der Waals surface area contributed by atoms with Gasteiger partial charge in [0.05, 0.1) is 4.90 Å². The number of carbonyl (C=O) groups is 1. The number of carbonyl (C=O) groups excluding carboxylic acids is 1. The van der Waals surface area contributed by atoms with E-state index in [0.717, 1.165) is 25.1 Å². The van der Waals surface area contributed by atoms with Gasteiger partial charge in [0, 0.05) is 38.2 Å². The van der Waals surface area contributed by atoms with Crippen molar-refractivity contribution < 1.29 is 13.2 Å². The Labute approximate surface area is 176 Å². The maximum atomic E-state index is 13.0. The number of hydrogen-bond acceptors (Lipinski definition) is 5. The molecule has 1 aromatic heterocycles. The Balaban J connectivity index is 1.71. The number of rotatable bonds is 7. The van der Waals surface area contributed by atoms with Crippen LogP contribution in [0.15, 0.2) is 23.1 Å². The maximum absolute atomic E-state index is 13.0. The molecular weight excluding hydrogens is 410 g/mol. The van der Waals surface area contributed by atoms with Gasteiger partial charge in [0.1, 0.15) is 5.82 Å². The van der Waals surface area contributed by atoms with Crippen molar-refractivity contribution in [3.63, 3.8) is 0 Å². The van der Waals surface area contributed by atoms with Crippen molar-refractivity contribution in [1.82, 2.24) is 24.4 Å². The summed E-state index contributed by atoms with van der Waals surface area (Å²) in [6.45, 7) is 5.87. The highest BCUT2D eigenvalue weighted by atomic mass is 32.2. The van der Waals surface area contributed by atoms with E-state index in [1.165, 1.54) is 10.4 Å². The molecule has 1 aromatic carbocycles. The summed E-state index contributed by atoms with van der Waals surface area (Å²) in [5, 5.41) is 9.76. The van der Waals surface area contributed by atoms with E-state index < -0.39 is 10.0 Å². The Bertz CT molecular complexity index is 1040. The number of nitrogens with zero attached hydrogens (tertiary/aromatic N) is 3. The van der Waals surface area contributed by atoms with Gasteiger partial charge in [-0.3, -0.25) is 9.89 Å². The van der Waals surface area contributed by atoms with E-state index in [1.807, 2.05) is 11.5 Å². The number of sulfonamides is 1. The molecule has 3 rings (SSSR count). The minimum Gasteiger partial charge on any atom is -0.352 e. The fourth-order valence-corrected chi connectivity index (χ4v) is 5.57. The molecule has 1 aliphatic rings. The Morgan fingerprint density at radius 3 is 2.69 bits per heavy atom. The number of nitrogens with one attached hydrogen (secondary N) is 2. The van der Waals surface area contributed by atoms with Crippen LogP contribution < -0.4 is 5.32 Å². The third kappa shape index (κ3) is 4.76. The van der Waals surface area contributed by atoms with Crippen molar-refractivity contribution in [3.05, 3.63) is 39.9 Å². The van der Waals surface area contributed by atoms with Crippen LogP contribution in [0.2, 0.25) is 0 Å². The first-order chi connectivity index (χ1) is 13.8. The van der Waals surface area contributed by atoms with Gasteiger partial charge in [-0.15, -0.1) is 0 Å². The third-order valence-corrected chi connectivity index (χ3v) is 7.52. The molecule has 1 saturated heterocycles. The highest BCUT2D eigenvalue weighted by Crippen LogP contribution is 2.24. The summed E-state index contributed by atoms with van der Waals surface area (Å²) in [5.74, 6) is 0.465. The molecular formula is C19H27N5O3S2. The van der Waals surface area contributed by atoms with Gasteiger partial charge in [-0.05, 0) is 56.6 Å². The molecule has 2 aromatic rings. The van der Waals surface area contributed by atoms with E-state index in [0.29, 0.717) is 48.5 Å². The average Bonchev–Trinajstić information content (AvgIpc) is 3.08. The highest BCUT2D eigenvalue weighted by Gasteiger charge is 2.28. The first kappa shape index (κ1) is 21.7. The fourth-order valence-electron chi connectivity index (χ4n) is 3.52. The molecule has 1 aliphatic heterocycles. The van der Waals surface area contributed by atoms with Gasteiger partial charge in [0.25, 0.3) is 5.91 Å². The van der Waals surface area contributed by atoms with Crippen LogP contribution in [0, 0.1) is 11.7 Å². The van der Waals surface area contributed by atoms with Crippen LogP contribution in [-0.4, -0.2) is 53.0 Å². The Hall–Kier alpha value is -2.04. The predicted octanol–water partition coefficient (Wildman–Crippen LogP) is 2.42. The smallest absolute Gasteiger partial charge is 0.251 e. The molecule has 2 heterocycles. The number of amides is 1. The molecule has 1 fully saturated rings. The van der Waals surface area contributed by atoms with Gasteiger partial charge in [-0.2, -0.15) is 9.40 Å². The standard InChI is InChI=1S/C19H27N5O3S2/c1-3-24-17(21-22-19(24)28)9-10-20-18(25)15-8-7-14(2)16(13-15)29(26,27)23-11-5-4-6-12-23/h7-8,13H,3-6,9-12H2,1-2H3,(H,20,25)(H,22,28). The van der Waals surface area contributed by atoms with Crippen molar-refractivity contribution in [3.8, 4) is 0 Å². The molecule has 0 atom stereocenters. The summed E-state index contributed by atoms with van der Waals surface area (Å²) in [5.41, 5.74) is 0.978. The van der Waals surface area contributed by atoms with Crippen LogP contribution in [-0.2, 0) is 23.0 Å². The molecule has 8 nitrogen and oxygen atoms in total. The Kier molecular flexibility index (Phi) is 6.86. The molecule has 29 heavy (non-hydrogen) atoms. The predicted molar refractivity (Wildman–Crippen MR) is 113 cm³/mol. The number of aromatic amines is 1. The molecule has 158 valence electrons. The van der Waals surface area contributed by atoms with E-state index in [9.17, 15) is 13.2 Å². The summed E-state index contributed by atoms with van der Waals surface area (Å²) >= 11 is 5.16. The quantitative estimate of drug-likeness (QED) is 0.648. The first-order valence-electron chi connectivity index (χ1n) is 9.87. The van der Waals surface area contributed by atoms with Crippen LogP contribution in [0.25, 0.3) is 0 Å². The number of H-pyrrole nitrogens is 1. The summed E-state index contributed by atoms with van der Waals surface area (Å²) in [7, 11) is -3.59. The zero-order valence-electron chi connectivity index (χ0n) is 16.8. The van der Waals surface area contributed by atoms with Crippen molar-refractivity contribution in [2.75, 3.05) is 19.6 Å². The van der Waals surface area contributed by atoms with Crippen molar-refractivity contribution in [2.45, 2.75) is 51.0 Å². The third-order valence-electron chi connectivity index (χ3n) is 5.17. The number of piperidine rings is 1. The van der Waals surface area contributed by atoms with Crippen LogP contribution in [0.4, 0.5) is 0 Å². The van der Waals surface area contributed by atoms with E-state index in [2.05, 4.69) is 15.5 Å². The lowest BCUT2D eigenvalue weighted by Gasteiger charge is -2.26. The molecule has 1 amide bonds. The van der Waals surface area contributed by atoms with Crippen molar-refractivity contribution >= 4 is 28.1 Å². The fraction of sp³-hybridized carbons (Fsp3) is 0.526. The summed E-state index contributed by atoms with van der Waals surface area (Å²) < 4.78 is 30.0. The van der Waals surface area contributed by atoms with Crippen LogP contribution in [0.5, 0.6) is 0 Å². The zero-order valence-corrected chi connectivity index (χ0v) is 18.4. The summed E-state index contributed by atoms with van der Waals surface area (Å²) in [4.78, 5) is 12.8. The monoisotopic (exact) mass is 437 g/mol. The normalized spacial score (nSPS) is 15.4. The summed E-state index contributed by atoms with van der Waals surface area (Å²) in [6.07, 6.45) is 3.32. The maximum Gasteiger partial charge on any atom is 0.251 e.